The predicted molar refractivity (Wildman–Crippen MR) is 47.5 cm³/mol. The molecule has 64 valence electrons. The molecule has 2 atom stereocenters. The highest BCUT2D eigenvalue weighted by molar-refractivity contribution is 4.87. The van der Waals surface area contributed by atoms with E-state index in [0.717, 1.165) is 17.9 Å². The van der Waals surface area contributed by atoms with E-state index in [0.29, 0.717) is 0 Å². The SMILES string of the molecule is CC1NCCC1C1CCCC1. The lowest BCUT2D eigenvalue weighted by Crippen LogP contribution is -2.26. The normalized spacial score (nSPS) is 40.1. The zero-order valence-corrected chi connectivity index (χ0v) is 7.47. The smallest absolute Gasteiger partial charge is 0.00701 e. The summed E-state index contributed by atoms with van der Waals surface area (Å²) in [6.07, 6.45) is 7.45. The van der Waals surface area contributed by atoms with Crippen molar-refractivity contribution in [2.45, 2.75) is 45.1 Å². The molecule has 0 radical (unpaired) electrons. The van der Waals surface area contributed by atoms with Gasteiger partial charge in [-0.3, -0.25) is 0 Å². The van der Waals surface area contributed by atoms with Crippen LogP contribution in [0.15, 0.2) is 0 Å². The maximum absolute atomic E-state index is 3.55. The standard InChI is InChI=1S/C10H19N/c1-8-10(6-7-11-8)9-4-2-3-5-9/h8-11H,2-7H2,1H3. The second kappa shape index (κ2) is 3.14. The molecule has 0 aromatic rings. The Bertz CT molecular complexity index is 127. The van der Waals surface area contributed by atoms with Crippen LogP contribution in [0.3, 0.4) is 0 Å². The van der Waals surface area contributed by atoms with Crippen molar-refractivity contribution in [1.82, 2.24) is 5.32 Å². The Hall–Kier alpha value is -0.0400. The van der Waals surface area contributed by atoms with E-state index in [-0.39, 0.29) is 0 Å². The van der Waals surface area contributed by atoms with E-state index in [9.17, 15) is 0 Å². The first-order chi connectivity index (χ1) is 5.38. The first-order valence-corrected chi connectivity index (χ1v) is 5.11. The van der Waals surface area contributed by atoms with Gasteiger partial charge in [0.25, 0.3) is 0 Å². The first-order valence-electron chi connectivity index (χ1n) is 5.11. The monoisotopic (exact) mass is 153 g/mol. The summed E-state index contributed by atoms with van der Waals surface area (Å²) < 4.78 is 0. The van der Waals surface area contributed by atoms with Crippen molar-refractivity contribution in [3.05, 3.63) is 0 Å². The van der Waals surface area contributed by atoms with Gasteiger partial charge in [-0.05, 0) is 31.7 Å². The molecule has 0 spiro atoms. The molecule has 1 heteroatoms. The molecule has 2 rings (SSSR count). The Morgan fingerprint density at radius 3 is 2.36 bits per heavy atom. The third-order valence-corrected chi connectivity index (χ3v) is 3.59. The van der Waals surface area contributed by atoms with Gasteiger partial charge in [-0.25, -0.2) is 0 Å². The first kappa shape index (κ1) is 7.60. The number of nitrogens with one attached hydrogen (secondary N) is 1. The minimum Gasteiger partial charge on any atom is -0.314 e. The minimum absolute atomic E-state index is 0.804. The molecule has 1 heterocycles. The number of hydrogen-bond acceptors (Lipinski definition) is 1. The summed E-state index contributed by atoms with van der Waals surface area (Å²) in [4.78, 5) is 0. The molecular weight excluding hydrogens is 134 g/mol. The van der Waals surface area contributed by atoms with Crippen LogP contribution in [0.2, 0.25) is 0 Å². The van der Waals surface area contributed by atoms with E-state index in [4.69, 9.17) is 0 Å². The van der Waals surface area contributed by atoms with E-state index >= 15 is 0 Å². The van der Waals surface area contributed by atoms with Crippen molar-refractivity contribution in [2.24, 2.45) is 11.8 Å². The van der Waals surface area contributed by atoms with Gasteiger partial charge in [-0.15, -0.1) is 0 Å². The highest BCUT2D eigenvalue weighted by Crippen LogP contribution is 2.36. The summed E-state index contributed by atoms with van der Waals surface area (Å²) in [7, 11) is 0. The van der Waals surface area contributed by atoms with Crippen LogP contribution >= 0.6 is 0 Å². The minimum atomic E-state index is 0.804. The molecule has 1 aliphatic heterocycles. The predicted octanol–water partition coefficient (Wildman–Crippen LogP) is 2.17. The van der Waals surface area contributed by atoms with Crippen LogP contribution in [-0.2, 0) is 0 Å². The van der Waals surface area contributed by atoms with Gasteiger partial charge in [0, 0.05) is 6.04 Å². The molecule has 0 bridgehead atoms. The molecule has 1 aliphatic carbocycles. The van der Waals surface area contributed by atoms with Gasteiger partial charge in [0.05, 0.1) is 0 Å². The van der Waals surface area contributed by atoms with E-state index in [2.05, 4.69) is 12.2 Å². The van der Waals surface area contributed by atoms with E-state index in [1.54, 1.807) is 0 Å². The van der Waals surface area contributed by atoms with Gasteiger partial charge in [0.1, 0.15) is 0 Å². The van der Waals surface area contributed by atoms with E-state index in [1.165, 1.54) is 38.6 Å². The largest absolute Gasteiger partial charge is 0.314 e. The summed E-state index contributed by atoms with van der Waals surface area (Å²) in [6.45, 7) is 3.62. The molecule has 1 nitrogen and oxygen atoms in total. The maximum Gasteiger partial charge on any atom is 0.00701 e. The summed E-state index contributed by atoms with van der Waals surface area (Å²) in [5.41, 5.74) is 0. The van der Waals surface area contributed by atoms with Crippen molar-refractivity contribution < 1.29 is 0 Å². The maximum atomic E-state index is 3.55. The van der Waals surface area contributed by atoms with Crippen LogP contribution in [-0.4, -0.2) is 12.6 Å². The summed E-state index contributed by atoms with van der Waals surface area (Å²) in [5.74, 6) is 2.08. The Labute approximate surface area is 69.6 Å². The average Bonchev–Trinajstić information content (AvgIpc) is 2.55. The Balaban J connectivity index is 1.92. The molecule has 2 aliphatic rings. The Morgan fingerprint density at radius 2 is 1.82 bits per heavy atom. The van der Waals surface area contributed by atoms with Crippen LogP contribution < -0.4 is 5.32 Å². The molecular formula is C10H19N. The molecule has 0 aromatic heterocycles. The molecule has 2 fully saturated rings. The van der Waals surface area contributed by atoms with Gasteiger partial charge in [-0.1, -0.05) is 25.7 Å². The third-order valence-electron chi connectivity index (χ3n) is 3.59. The molecule has 0 amide bonds. The zero-order chi connectivity index (χ0) is 7.68. The second-order valence-electron chi connectivity index (χ2n) is 4.24. The van der Waals surface area contributed by atoms with Crippen LogP contribution in [0.4, 0.5) is 0 Å². The van der Waals surface area contributed by atoms with Gasteiger partial charge in [-0.2, -0.15) is 0 Å². The quantitative estimate of drug-likeness (QED) is 0.609. The van der Waals surface area contributed by atoms with Gasteiger partial charge >= 0.3 is 0 Å². The molecule has 11 heavy (non-hydrogen) atoms. The fraction of sp³-hybridized carbons (Fsp3) is 1.00. The topological polar surface area (TPSA) is 12.0 Å². The second-order valence-corrected chi connectivity index (χ2v) is 4.24. The summed E-state index contributed by atoms with van der Waals surface area (Å²) in [6, 6.07) is 0.804. The lowest BCUT2D eigenvalue weighted by atomic mass is 9.86. The van der Waals surface area contributed by atoms with Crippen LogP contribution in [0.5, 0.6) is 0 Å². The lowest BCUT2D eigenvalue weighted by Gasteiger charge is -2.21. The van der Waals surface area contributed by atoms with Crippen molar-refractivity contribution in [3.63, 3.8) is 0 Å². The van der Waals surface area contributed by atoms with E-state index in [1.807, 2.05) is 0 Å². The fourth-order valence-electron chi connectivity index (χ4n) is 2.91. The van der Waals surface area contributed by atoms with Gasteiger partial charge < -0.3 is 5.32 Å². The summed E-state index contributed by atoms with van der Waals surface area (Å²) >= 11 is 0. The lowest BCUT2D eigenvalue weighted by molar-refractivity contribution is 0.316. The molecule has 2 unspecified atom stereocenters. The van der Waals surface area contributed by atoms with Gasteiger partial charge in [0.15, 0.2) is 0 Å². The fourth-order valence-corrected chi connectivity index (χ4v) is 2.91. The van der Waals surface area contributed by atoms with Crippen LogP contribution in [0.25, 0.3) is 0 Å². The van der Waals surface area contributed by atoms with Crippen LogP contribution in [0.1, 0.15) is 39.0 Å². The van der Waals surface area contributed by atoms with E-state index < -0.39 is 0 Å². The molecule has 0 aromatic carbocycles. The van der Waals surface area contributed by atoms with Gasteiger partial charge in [0.2, 0.25) is 0 Å². The Kier molecular flexibility index (Phi) is 2.17. The van der Waals surface area contributed by atoms with Crippen molar-refractivity contribution >= 4 is 0 Å². The van der Waals surface area contributed by atoms with Crippen LogP contribution in [0, 0.1) is 11.8 Å². The molecule has 1 saturated heterocycles. The highest BCUT2D eigenvalue weighted by Gasteiger charge is 2.31. The molecule has 1 saturated carbocycles. The third kappa shape index (κ3) is 1.44. The number of rotatable bonds is 1. The Morgan fingerprint density at radius 1 is 1.09 bits per heavy atom. The summed E-state index contributed by atoms with van der Waals surface area (Å²) in [5, 5.41) is 3.55. The average molecular weight is 153 g/mol. The van der Waals surface area contributed by atoms with Crippen molar-refractivity contribution in [3.8, 4) is 0 Å². The molecule has 1 N–H and O–H groups in total. The highest BCUT2D eigenvalue weighted by atomic mass is 14.9. The zero-order valence-electron chi connectivity index (χ0n) is 7.47. The van der Waals surface area contributed by atoms with Crippen molar-refractivity contribution in [2.75, 3.05) is 6.54 Å². The van der Waals surface area contributed by atoms with Crippen molar-refractivity contribution in [1.29, 1.82) is 0 Å². The number of hydrogen-bond donors (Lipinski definition) is 1.